The van der Waals surface area contributed by atoms with Crippen LogP contribution in [0.15, 0.2) is 59.7 Å². The molecule has 0 fully saturated rings. The Balaban J connectivity index is 1.56. The Bertz CT molecular complexity index is 851. The lowest BCUT2D eigenvalue weighted by molar-refractivity contribution is 0.697. The maximum Gasteiger partial charge on any atom is 0.191 e. The van der Waals surface area contributed by atoms with Crippen molar-refractivity contribution in [3.05, 3.63) is 71.7 Å². The number of benzene rings is 1. The van der Waals surface area contributed by atoms with Crippen molar-refractivity contribution in [3.63, 3.8) is 0 Å². The van der Waals surface area contributed by atoms with E-state index >= 15 is 0 Å². The molecule has 0 saturated carbocycles. The zero-order chi connectivity index (χ0) is 17.6. The molecule has 0 amide bonds. The number of imidazole rings is 1. The molecule has 0 aliphatic carbocycles. The van der Waals surface area contributed by atoms with Crippen molar-refractivity contribution in [1.82, 2.24) is 20.0 Å². The summed E-state index contributed by atoms with van der Waals surface area (Å²) >= 11 is 0. The molecule has 3 aromatic rings. The van der Waals surface area contributed by atoms with E-state index in [1.54, 1.807) is 7.05 Å². The summed E-state index contributed by atoms with van der Waals surface area (Å²) < 4.78 is 2.10. The van der Waals surface area contributed by atoms with Crippen molar-refractivity contribution in [2.45, 2.75) is 26.3 Å². The maximum atomic E-state index is 4.64. The number of nitrogens with zero attached hydrogens (tertiary/aromatic N) is 3. The number of aromatic nitrogens is 2. The van der Waals surface area contributed by atoms with Gasteiger partial charge in [-0.15, -0.1) is 0 Å². The predicted octanol–water partition coefficient (Wildman–Crippen LogP) is 3.11. The fourth-order valence-corrected chi connectivity index (χ4v) is 2.83. The normalized spacial score (nSPS) is 13.0. The highest BCUT2D eigenvalue weighted by atomic mass is 15.2. The van der Waals surface area contributed by atoms with E-state index in [0.717, 1.165) is 23.8 Å². The smallest absolute Gasteiger partial charge is 0.191 e. The molecule has 25 heavy (non-hydrogen) atoms. The molecule has 0 saturated heterocycles. The number of nitrogens with one attached hydrogen (secondary N) is 2. The Morgan fingerprint density at radius 2 is 1.92 bits per heavy atom. The molecule has 2 heterocycles. The first-order valence-electron chi connectivity index (χ1n) is 8.60. The van der Waals surface area contributed by atoms with Crippen LogP contribution in [0.4, 0.5) is 0 Å². The highest BCUT2D eigenvalue weighted by Gasteiger charge is 2.07. The van der Waals surface area contributed by atoms with Crippen LogP contribution in [0, 0.1) is 6.92 Å². The molecule has 1 unspecified atom stereocenters. The molecule has 130 valence electrons. The number of aliphatic imine (C=N–C) groups is 1. The molecule has 3 rings (SSSR count). The van der Waals surface area contributed by atoms with Crippen LogP contribution in [0.5, 0.6) is 0 Å². The van der Waals surface area contributed by atoms with Gasteiger partial charge in [0.15, 0.2) is 5.96 Å². The molecule has 2 N–H and O–H groups in total. The number of aryl methyl sites for hydroxylation is 1. The molecule has 0 aliphatic rings. The molecule has 5 heteroatoms. The van der Waals surface area contributed by atoms with Crippen molar-refractivity contribution in [3.8, 4) is 0 Å². The third kappa shape index (κ3) is 4.18. The molecule has 1 aromatic carbocycles. The van der Waals surface area contributed by atoms with Crippen LogP contribution < -0.4 is 10.6 Å². The molecule has 0 bridgehead atoms. The third-order valence-electron chi connectivity index (χ3n) is 4.35. The van der Waals surface area contributed by atoms with Gasteiger partial charge in [0.25, 0.3) is 0 Å². The fourth-order valence-electron chi connectivity index (χ4n) is 2.83. The largest absolute Gasteiger partial charge is 0.356 e. The molecule has 5 nitrogen and oxygen atoms in total. The average molecular weight is 335 g/mol. The topological polar surface area (TPSA) is 53.7 Å². The van der Waals surface area contributed by atoms with Crippen LogP contribution >= 0.6 is 0 Å². The molecule has 0 aliphatic heterocycles. The molecule has 0 spiro atoms. The van der Waals surface area contributed by atoms with Crippen molar-refractivity contribution in [1.29, 1.82) is 0 Å². The van der Waals surface area contributed by atoms with Gasteiger partial charge in [-0.3, -0.25) is 4.99 Å². The number of guanidine groups is 1. The van der Waals surface area contributed by atoms with E-state index in [9.17, 15) is 0 Å². The Hall–Kier alpha value is -2.82. The second-order valence-electron chi connectivity index (χ2n) is 6.25. The molecular weight excluding hydrogens is 310 g/mol. The Kier molecular flexibility index (Phi) is 5.33. The van der Waals surface area contributed by atoms with Gasteiger partial charge in [-0.05, 0) is 30.5 Å². The highest BCUT2D eigenvalue weighted by molar-refractivity contribution is 5.79. The van der Waals surface area contributed by atoms with E-state index in [1.165, 1.54) is 11.3 Å². The Morgan fingerprint density at radius 1 is 1.12 bits per heavy atom. The number of pyridine rings is 1. The van der Waals surface area contributed by atoms with E-state index in [-0.39, 0.29) is 0 Å². The van der Waals surface area contributed by atoms with Crippen molar-refractivity contribution >= 4 is 11.6 Å². The molecule has 0 radical (unpaired) electrons. The molecule has 2 aromatic heterocycles. The van der Waals surface area contributed by atoms with Gasteiger partial charge in [0.2, 0.25) is 0 Å². The van der Waals surface area contributed by atoms with Crippen LogP contribution in [0.2, 0.25) is 0 Å². The van der Waals surface area contributed by atoms with Crippen molar-refractivity contribution < 1.29 is 0 Å². The Morgan fingerprint density at radius 3 is 2.64 bits per heavy atom. The molecule has 1 atom stereocenters. The number of hydrogen-bond donors (Lipinski definition) is 2. The van der Waals surface area contributed by atoms with E-state index in [4.69, 9.17) is 0 Å². The van der Waals surface area contributed by atoms with Gasteiger partial charge in [-0.1, -0.05) is 43.3 Å². The van der Waals surface area contributed by atoms with Gasteiger partial charge in [0.05, 0.1) is 12.2 Å². The van der Waals surface area contributed by atoms with Gasteiger partial charge in [-0.2, -0.15) is 0 Å². The third-order valence-corrected chi connectivity index (χ3v) is 4.35. The first-order chi connectivity index (χ1) is 12.2. The van der Waals surface area contributed by atoms with Crippen LogP contribution in [0.3, 0.4) is 0 Å². The standard InChI is InChI=1S/C20H25N5/c1-15(17-9-5-4-6-10-17)12-22-20(21-3)23-13-18-14-25-16(2)8-7-11-19(25)24-18/h4-11,14-15H,12-13H2,1-3H3,(H2,21,22,23). The van der Waals surface area contributed by atoms with Gasteiger partial charge >= 0.3 is 0 Å². The average Bonchev–Trinajstić information content (AvgIpc) is 3.07. The summed E-state index contributed by atoms with van der Waals surface area (Å²) in [4.78, 5) is 8.94. The van der Waals surface area contributed by atoms with E-state index in [2.05, 4.69) is 75.4 Å². The van der Waals surface area contributed by atoms with Gasteiger partial charge in [0.1, 0.15) is 5.65 Å². The fraction of sp³-hybridized carbons (Fsp3) is 0.300. The zero-order valence-electron chi connectivity index (χ0n) is 15.0. The summed E-state index contributed by atoms with van der Waals surface area (Å²) in [7, 11) is 1.79. The first kappa shape index (κ1) is 17.0. The van der Waals surface area contributed by atoms with Gasteiger partial charge in [0, 0.05) is 25.5 Å². The van der Waals surface area contributed by atoms with E-state index in [1.807, 2.05) is 18.2 Å². The lowest BCUT2D eigenvalue weighted by Gasteiger charge is -2.16. The molecular formula is C20H25N5. The number of rotatable bonds is 5. The first-order valence-corrected chi connectivity index (χ1v) is 8.60. The Labute approximate surface area is 148 Å². The zero-order valence-corrected chi connectivity index (χ0v) is 15.0. The number of hydrogen-bond acceptors (Lipinski definition) is 2. The van der Waals surface area contributed by atoms with Crippen LogP contribution in [-0.4, -0.2) is 28.9 Å². The van der Waals surface area contributed by atoms with Crippen LogP contribution in [-0.2, 0) is 6.54 Å². The van der Waals surface area contributed by atoms with Gasteiger partial charge < -0.3 is 15.0 Å². The lowest BCUT2D eigenvalue weighted by Crippen LogP contribution is -2.38. The van der Waals surface area contributed by atoms with Crippen LogP contribution in [0.1, 0.15) is 29.8 Å². The van der Waals surface area contributed by atoms with Crippen LogP contribution in [0.25, 0.3) is 5.65 Å². The summed E-state index contributed by atoms with van der Waals surface area (Å²) in [6, 6.07) is 16.6. The summed E-state index contributed by atoms with van der Waals surface area (Å²) in [5.41, 5.74) is 4.46. The van der Waals surface area contributed by atoms with E-state index in [0.29, 0.717) is 12.5 Å². The summed E-state index contributed by atoms with van der Waals surface area (Å²) in [6.07, 6.45) is 2.07. The van der Waals surface area contributed by atoms with Gasteiger partial charge in [-0.25, -0.2) is 4.98 Å². The minimum absolute atomic E-state index is 0.414. The predicted molar refractivity (Wildman–Crippen MR) is 103 cm³/mol. The quantitative estimate of drug-likeness (QED) is 0.556. The monoisotopic (exact) mass is 335 g/mol. The van der Waals surface area contributed by atoms with Crippen molar-refractivity contribution in [2.75, 3.05) is 13.6 Å². The highest BCUT2D eigenvalue weighted by Crippen LogP contribution is 2.13. The SMILES string of the molecule is CN=C(NCc1cn2c(C)cccc2n1)NCC(C)c1ccccc1. The maximum absolute atomic E-state index is 4.64. The second kappa shape index (κ2) is 7.83. The number of fused-ring (bicyclic) bond motifs is 1. The minimum atomic E-state index is 0.414. The lowest BCUT2D eigenvalue weighted by atomic mass is 10.0. The minimum Gasteiger partial charge on any atom is -0.356 e. The summed E-state index contributed by atoms with van der Waals surface area (Å²) in [5, 5.41) is 6.72. The van der Waals surface area contributed by atoms with E-state index < -0.39 is 0 Å². The van der Waals surface area contributed by atoms with Crippen molar-refractivity contribution in [2.24, 2.45) is 4.99 Å². The summed E-state index contributed by atoms with van der Waals surface area (Å²) in [6.45, 7) is 5.76. The summed E-state index contributed by atoms with van der Waals surface area (Å²) in [5.74, 6) is 1.20. The second-order valence-corrected chi connectivity index (χ2v) is 6.25.